The Morgan fingerprint density at radius 1 is 1.26 bits per heavy atom. The van der Waals surface area contributed by atoms with Gasteiger partial charge in [0.05, 0.1) is 8.66 Å². The molecule has 0 radical (unpaired) electrons. The topological polar surface area (TPSA) is 50.4 Å². The quantitative estimate of drug-likeness (QED) is 0.452. The minimum atomic E-state index is 0.142. The summed E-state index contributed by atoms with van der Waals surface area (Å²) in [6.45, 7) is 0. The lowest BCUT2D eigenvalue weighted by atomic mass is 10.1. The van der Waals surface area contributed by atoms with Gasteiger partial charge in [-0.1, -0.05) is 28.1 Å². The number of benzene rings is 1. The van der Waals surface area contributed by atoms with Crippen molar-refractivity contribution in [3.05, 3.63) is 55.1 Å². The van der Waals surface area contributed by atoms with Crippen LogP contribution in [0.3, 0.4) is 0 Å². The fraction of sp³-hybridized carbons (Fsp3) is 0. The van der Waals surface area contributed by atoms with E-state index in [1.165, 1.54) is 0 Å². The third kappa shape index (κ3) is 4.10. The predicted molar refractivity (Wildman–Crippen MR) is 91.7 cm³/mol. The van der Waals surface area contributed by atoms with E-state index in [-0.39, 0.29) is 5.11 Å². The number of nitrogens with two attached hydrogens (primary N) is 1. The number of halogens is 2. The summed E-state index contributed by atoms with van der Waals surface area (Å²) in [4.78, 5) is 1.02. The van der Waals surface area contributed by atoms with Crippen LogP contribution >= 0.6 is 55.4 Å². The van der Waals surface area contributed by atoms with Gasteiger partial charge in [-0.2, -0.15) is 5.10 Å². The van der Waals surface area contributed by atoms with Crippen molar-refractivity contribution in [3.63, 3.8) is 0 Å². The Bertz CT molecular complexity index is 637. The summed E-state index contributed by atoms with van der Waals surface area (Å²) in [6, 6.07) is 11.9. The largest absolute Gasteiger partial charge is 0.375 e. The molecule has 0 saturated carbocycles. The van der Waals surface area contributed by atoms with Gasteiger partial charge in [-0.3, -0.25) is 5.43 Å². The van der Waals surface area contributed by atoms with Gasteiger partial charge in [-0.25, -0.2) is 0 Å². The van der Waals surface area contributed by atoms with Crippen molar-refractivity contribution in [2.45, 2.75) is 0 Å². The van der Waals surface area contributed by atoms with Crippen LogP contribution in [0.15, 0.2) is 49.8 Å². The SMILES string of the molecule is NC(=S)N/N=C(/c1cccc(Br)c1)c1ccc(Br)s1. The summed E-state index contributed by atoms with van der Waals surface area (Å²) < 4.78 is 2.03. The highest BCUT2D eigenvalue weighted by molar-refractivity contribution is 9.11. The van der Waals surface area contributed by atoms with Crippen molar-refractivity contribution in [3.8, 4) is 0 Å². The molecule has 19 heavy (non-hydrogen) atoms. The van der Waals surface area contributed by atoms with Gasteiger partial charge in [-0.15, -0.1) is 11.3 Å². The lowest BCUT2D eigenvalue weighted by molar-refractivity contribution is 1.03. The average Bonchev–Trinajstić information content (AvgIpc) is 2.76. The van der Waals surface area contributed by atoms with Crippen LogP contribution in [0.4, 0.5) is 0 Å². The lowest BCUT2D eigenvalue weighted by Gasteiger charge is -2.06. The molecule has 0 atom stereocenters. The highest BCUT2D eigenvalue weighted by Crippen LogP contribution is 2.25. The van der Waals surface area contributed by atoms with Gasteiger partial charge in [0.2, 0.25) is 0 Å². The molecular formula is C12H9Br2N3S2. The van der Waals surface area contributed by atoms with Crippen molar-refractivity contribution >= 4 is 66.2 Å². The van der Waals surface area contributed by atoms with Crippen LogP contribution in [0.5, 0.6) is 0 Å². The summed E-state index contributed by atoms with van der Waals surface area (Å²) >= 11 is 13.3. The first-order valence-corrected chi connectivity index (χ1v) is 8.02. The molecule has 1 heterocycles. The summed E-state index contributed by atoms with van der Waals surface area (Å²) in [5.74, 6) is 0. The Morgan fingerprint density at radius 3 is 2.63 bits per heavy atom. The van der Waals surface area contributed by atoms with Crippen LogP contribution in [0.25, 0.3) is 0 Å². The fourth-order valence-corrected chi connectivity index (χ4v) is 3.29. The Kier molecular flexibility index (Phi) is 5.09. The van der Waals surface area contributed by atoms with E-state index in [0.29, 0.717) is 0 Å². The molecule has 3 N–H and O–H groups in total. The van der Waals surface area contributed by atoms with Crippen LogP contribution in [0, 0.1) is 0 Å². The maximum absolute atomic E-state index is 5.43. The van der Waals surface area contributed by atoms with Gasteiger partial charge in [0.15, 0.2) is 5.11 Å². The van der Waals surface area contributed by atoms with Crippen LogP contribution in [0.2, 0.25) is 0 Å². The number of hydrogen-bond acceptors (Lipinski definition) is 3. The summed E-state index contributed by atoms with van der Waals surface area (Å²) in [5.41, 5.74) is 9.85. The van der Waals surface area contributed by atoms with Crippen molar-refractivity contribution in [1.29, 1.82) is 0 Å². The third-order valence-electron chi connectivity index (χ3n) is 2.18. The summed E-state index contributed by atoms with van der Waals surface area (Å²) in [7, 11) is 0. The van der Waals surface area contributed by atoms with E-state index in [2.05, 4.69) is 42.4 Å². The number of nitrogens with one attached hydrogen (secondary N) is 1. The van der Waals surface area contributed by atoms with Crippen molar-refractivity contribution in [1.82, 2.24) is 5.43 Å². The Labute approximate surface area is 137 Å². The molecular weight excluding hydrogens is 410 g/mol. The average molecular weight is 419 g/mol. The third-order valence-corrected chi connectivity index (χ3v) is 4.40. The van der Waals surface area contributed by atoms with E-state index in [9.17, 15) is 0 Å². The van der Waals surface area contributed by atoms with Crippen molar-refractivity contribution in [2.75, 3.05) is 0 Å². The molecule has 0 saturated heterocycles. The molecule has 0 fully saturated rings. The first-order valence-electron chi connectivity index (χ1n) is 5.21. The van der Waals surface area contributed by atoms with E-state index in [1.807, 2.05) is 36.4 Å². The highest BCUT2D eigenvalue weighted by atomic mass is 79.9. The molecule has 0 unspecified atom stereocenters. The van der Waals surface area contributed by atoms with E-state index >= 15 is 0 Å². The van der Waals surface area contributed by atoms with Crippen molar-refractivity contribution < 1.29 is 0 Å². The van der Waals surface area contributed by atoms with Crippen LogP contribution in [0.1, 0.15) is 10.4 Å². The second-order valence-electron chi connectivity index (χ2n) is 3.55. The maximum Gasteiger partial charge on any atom is 0.184 e. The molecule has 0 amide bonds. The number of thiocarbonyl (C=S) groups is 1. The fourth-order valence-electron chi connectivity index (χ4n) is 1.45. The van der Waals surface area contributed by atoms with Gasteiger partial charge >= 0.3 is 0 Å². The van der Waals surface area contributed by atoms with E-state index in [4.69, 9.17) is 18.0 Å². The number of hydrogen-bond donors (Lipinski definition) is 2. The predicted octanol–water partition coefficient (Wildman–Crippen LogP) is 3.86. The van der Waals surface area contributed by atoms with E-state index in [1.54, 1.807) is 11.3 Å². The molecule has 1 aromatic carbocycles. The zero-order valence-corrected chi connectivity index (χ0v) is 14.4. The summed E-state index contributed by atoms with van der Waals surface area (Å²) in [6.07, 6.45) is 0. The normalized spacial score (nSPS) is 11.4. The summed E-state index contributed by atoms with van der Waals surface area (Å²) in [5, 5.41) is 4.43. The maximum atomic E-state index is 5.43. The van der Waals surface area contributed by atoms with Gasteiger partial charge in [0.25, 0.3) is 0 Å². The number of thiophene rings is 1. The molecule has 0 bridgehead atoms. The second kappa shape index (κ2) is 6.60. The molecule has 0 aliphatic carbocycles. The van der Waals surface area contributed by atoms with Crippen molar-refractivity contribution in [2.24, 2.45) is 10.8 Å². The molecule has 3 nitrogen and oxygen atoms in total. The van der Waals surface area contributed by atoms with Gasteiger partial charge in [-0.05, 0) is 52.4 Å². The first-order chi connectivity index (χ1) is 9.06. The lowest BCUT2D eigenvalue weighted by Crippen LogP contribution is -2.25. The Morgan fingerprint density at radius 2 is 2.05 bits per heavy atom. The molecule has 1 aromatic heterocycles. The number of hydrazone groups is 1. The Hall–Kier alpha value is -0.760. The van der Waals surface area contributed by atoms with E-state index in [0.717, 1.165) is 24.4 Å². The number of nitrogens with zero attached hydrogens (tertiary/aromatic N) is 1. The molecule has 0 aliphatic heterocycles. The minimum Gasteiger partial charge on any atom is -0.375 e. The zero-order valence-electron chi connectivity index (χ0n) is 9.56. The monoisotopic (exact) mass is 417 g/mol. The Balaban J connectivity index is 2.45. The highest BCUT2D eigenvalue weighted by Gasteiger charge is 2.10. The smallest absolute Gasteiger partial charge is 0.184 e. The molecule has 2 rings (SSSR count). The van der Waals surface area contributed by atoms with Gasteiger partial charge in [0, 0.05) is 10.0 Å². The van der Waals surface area contributed by atoms with Crippen LogP contribution < -0.4 is 11.2 Å². The van der Waals surface area contributed by atoms with Gasteiger partial charge in [0.1, 0.15) is 5.71 Å². The van der Waals surface area contributed by atoms with Crippen LogP contribution in [-0.4, -0.2) is 10.8 Å². The first kappa shape index (κ1) is 14.6. The molecule has 7 heteroatoms. The second-order valence-corrected chi connectivity index (χ2v) is 7.37. The number of rotatable bonds is 3. The van der Waals surface area contributed by atoms with Crippen LogP contribution in [-0.2, 0) is 0 Å². The molecule has 0 aliphatic rings. The zero-order chi connectivity index (χ0) is 13.8. The van der Waals surface area contributed by atoms with Gasteiger partial charge < -0.3 is 5.73 Å². The standard InChI is InChI=1S/C12H9Br2N3S2/c13-8-3-1-2-7(6-8)11(16-17-12(15)18)9-4-5-10(14)19-9/h1-6H,(H3,15,17,18)/b16-11-. The minimum absolute atomic E-state index is 0.142. The molecule has 2 aromatic rings. The molecule has 98 valence electrons. The van der Waals surface area contributed by atoms with E-state index < -0.39 is 0 Å². The molecule has 0 spiro atoms.